The quantitative estimate of drug-likeness (QED) is 0.626. The molecule has 1 saturated heterocycles. The predicted octanol–water partition coefficient (Wildman–Crippen LogP) is -0.240. The number of piperidine rings is 1. The molecule has 82 valence electrons. The zero-order valence-corrected chi connectivity index (χ0v) is 8.09. The molecule has 0 aromatic rings. The molecule has 1 fully saturated rings. The topological polar surface area (TPSA) is 102 Å². The van der Waals surface area contributed by atoms with Crippen LogP contribution in [0.4, 0.5) is 0 Å². The summed E-state index contributed by atoms with van der Waals surface area (Å²) in [4.78, 5) is 22.9. The number of carbonyl (C=O) groups is 2. The van der Waals surface area contributed by atoms with Crippen LogP contribution in [0, 0.1) is 17.2 Å². The van der Waals surface area contributed by atoms with E-state index in [1.54, 1.807) is 0 Å². The van der Waals surface area contributed by atoms with Crippen molar-refractivity contribution in [2.45, 2.75) is 18.9 Å². The summed E-state index contributed by atoms with van der Waals surface area (Å²) in [5.74, 6) is -2.48. The van der Waals surface area contributed by atoms with Crippen molar-refractivity contribution in [1.29, 1.82) is 5.26 Å². The van der Waals surface area contributed by atoms with E-state index in [-0.39, 0.29) is 19.5 Å². The fourth-order valence-corrected chi connectivity index (χ4v) is 1.79. The molecular formula is C9H12N2O4. The molecule has 0 aliphatic carbocycles. The number of carboxylic acids is 2. The minimum Gasteiger partial charge on any atom is -0.481 e. The molecule has 0 saturated carbocycles. The van der Waals surface area contributed by atoms with Gasteiger partial charge >= 0.3 is 11.9 Å². The fraction of sp³-hybridized carbons (Fsp3) is 0.667. The Kier molecular flexibility index (Phi) is 3.63. The van der Waals surface area contributed by atoms with Gasteiger partial charge in [0, 0.05) is 6.54 Å². The third-order valence-electron chi connectivity index (χ3n) is 2.59. The summed E-state index contributed by atoms with van der Waals surface area (Å²) in [5, 5.41) is 26.2. The van der Waals surface area contributed by atoms with Gasteiger partial charge in [0.25, 0.3) is 0 Å². The van der Waals surface area contributed by atoms with Gasteiger partial charge in [0.05, 0.1) is 18.5 Å². The first-order valence-corrected chi connectivity index (χ1v) is 4.63. The Bertz CT molecular complexity index is 310. The number of likely N-dealkylation sites (tertiary alicyclic amines) is 1. The predicted molar refractivity (Wildman–Crippen MR) is 49.0 cm³/mol. The van der Waals surface area contributed by atoms with Crippen molar-refractivity contribution in [2.24, 2.45) is 5.92 Å². The van der Waals surface area contributed by atoms with Crippen molar-refractivity contribution in [2.75, 3.05) is 13.1 Å². The second kappa shape index (κ2) is 4.75. The van der Waals surface area contributed by atoms with E-state index in [2.05, 4.69) is 0 Å². The third-order valence-corrected chi connectivity index (χ3v) is 2.59. The van der Waals surface area contributed by atoms with Crippen molar-refractivity contribution in [3.05, 3.63) is 0 Å². The molecule has 0 amide bonds. The highest BCUT2D eigenvalue weighted by molar-refractivity contribution is 5.75. The van der Waals surface area contributed by atoms with Gasteiger partial charge in [-0.2, -0.15) is 5.26 Å². The van der Waals surface area contributed by atoms with Crippen LogP contribution < -0.4 is 0 Å². The minimum atomic E-state index is -0.992. The lowest BCUT2D eigenvalue weighted by Crippen LogP contribution is -2.49. The normalized spacial score (nSPS) is 26.9. The van der Waals surface area contributed by atoms with Gasteiger partial charge in [-0.05, 0) is 12.8 Å². The number of hydrogen-bond acceptors (Lipinski definition) is 4. The van der Waals surface area contributed by atoms with E-state index in [0.29, 0.717) is 6.42 Å². The summed E-state index contributed by atoms with van der Waals surface area (Å²) in [7, 11) is 0. The number of carboxylic acid groups (broad SMARTS) is 2. The Labute approximate surface area is 86.7 Å². The summed E-state index contributed by atoms with van der Waals surface area (Å²) in [6.45, 7) is 0.0978. The van der Waals surface area contributed by atoms with E-state index in [9.17, 15) is 9.59 Å². The Balaban J connectivity index is 2.69. The zero-order valence-electron chi connectivity index (χ0n) is 8.09. The van der Waals surface area contributed by atoms with Crippen molar-refractivity contribution in [3.63, 3.8) is 0 Å². The molecule has 15 heavy (non-hydrogen) atoms. The Hall–Kier alpha value is -1.61. The fourth-order valence-electron chi connectivity index (χ4n) is 1.79. The maximum absolute atomic E-state index is 10.8. The molecule has 0 aromatic heterocycles. The van der Waals surface area contributed by atoms with Crippen molar-refractivity contribution in [3.8, 4) is 6.07 Å². The monoisotopic (exact) mass is 212 g/mol. The number of nitrogens with zero attached hydrogens (tertiary/aromatic N) is 2. The van der Waals surface area contributed by atoms with E-state index >= 15 is 0 Å². The third kappa shape index (κ3) is 2.67. The minimum absolute atomic E-state index is 0.0409. The standard InChI is InChI=1S/C9H12N2O4/c10-3-4-11-5-6(8(12)13)1-2-7(11)9(14)15/h6-7H,1-2,4-5H2,(H,12,13)(H,14,15)/t6-,7+/m0/s1. The lowest BCUT2D eigenvalue weighted by atomic mass is 9.93. The van der Waals surface area contributed by atoms with Crippen LogP contribution in [0.3, 0.4) is 0 Å². The van der Waals surface area contributed by atoms with Gasteiger partial charge in [-0.3, -0.25) is 14.5 Å². The average Bonchev–Trinajstić information content (AvgIpc) is 2.17. The van der Waals surface area contributed by atoms with Crippen LogP contribution in [0.5, 0.6) is 0 Å². The SMILES string of the molecule is N#CCN1C[C@@H](C(=O)O)CC[C@@H]1C(=O)O. The van der Waals surface area contributed by atoms with E-state index in [1.807, 2.05) is 6.07 Å². The lowest BCUT2D eigenvalue weighted by molar-refractivity contribution is -0.151. The van der Waals surface area contributed by atoms with Gasteiger partial charge in [-0.1, -0.05) is 0 Å². The molecule has 0 aromatic carbocycles. The molecule has 0 bridgehead atoms. The molecule has 6 heteroatoms. The largest absolute Gasteiger partial charge is 0.481 e. The first-order valence-electron chi connectivity index (χ1n) is 4.63. The van der Waals surface area contributed by atoms with Crippen LogP contribution in [-0.2, 0) is 9.59 Å². The van der Waals surface area contributed by atoms with E-state index in [0.717, 1.165) is 0 Å². The highest BCUT2D eigenvalue weighted by Crippen LogP contribution is 2.22. The second-order valence-corrected chi connectivity index (χ2v) is 3.55. The number of aliphatic carboxylic acids is 2. The van der Waals surface area contributed by atoms with Crippen LogP contribution in [-0.4, -0.2) is 46.2 Å². The van der Waals surface area contributed by atoms with Crippen molar-refractivity contribution in [1.82, 2.24) is 4.90 Å². The van der Waals surface area contributed by atoms with Crippen molar-refractivity contribution >= 4 is 11.9 Å². The number of hydrogen-bond donors (Lipinski definition) is 2. The molecule has 0 unspecified atom stereocenters. The zero-order chi connectivity index (χ0) is 11.4. The first kappa shape index (κ1) is 11.5. The average molecular weight is 212 g/mol. The lowest BCUT2D eigenvalue weighted by Gasteiger charge is -2.34. The molecule has 6 nitrogen and oxygen atoms in total. The van der Waals surface area contributed by atoms with Crippen LogP contribution in [0.2, 0.25) is 0 Å². The van der Waals surface area contributed by atoms with Gasteiger partial charge in [0.2, 0.25) is 0 Å². The number of rotatable bonds is 3. The van der Waals surface area contributed by atoms with Crippen molar-refractivity contribution < 1.29 is 19.8 Å². The highest BCUT2D eigenvalue weighted by atomic mass is 16.4. The molecule has 2 N–H and O–H groups in total. The van der Waals surface area contributed by atoms with Gasteiger partial charge in [0.1, 0.15) is 6.04 Å². The van der Waals surface area contributed by atoms with E-state index in [4.69, 9.17) is 15.5 Å². The Morgan fingerprint density at radius 3 is 2.47 bits per heavy atom. The molecule has 0 spiro atoms. The van der Waals surface area contributed by atoms with Crippen LogP contribution >= 0.6 is 0 Å². The molecule has 0 radical (unpaired) electrons. The summed E-state index contributed by atoms with van der Waals surface area (Å²) in [6, 6.07) is 1.13. The van der Waals surface area contributed by atoms with E-state index < -0.39 is 23.9 Å². The Morgan fingerprint density at radius 1 is 1.33 bits per heavy atom. The second-order valence-electron chi connectivity index (χ2n) is 3.55. The van der Waals surface area contributed by atoms with Gasteiger partial charge in [0.15, 0.2) is 0 Å². The van der Waals surface area contributed by atoms with Gasteiger partial charge in [-0.25, -0.2) is 0 Å². The molecular weight excluding hydrogens is 200 g/mol. The molecule has 1 rings (SSSR count). The Morgan fingerprint density at radius 2 is 2.00 bits per heavy atom. The van der Waals surface area contributed by atoms with Gasteiger partial charge in [-0.15, -0.1) is 0 Å². The summed E-state index contributed by atoms with van der Waals surface area (Å²) in [5.41, 5.74) is 0. The molecule has 2 atom stereocenters. The van der Waals surface area contributed by atoms with Crippen LogP contribution in [0.1, 0.15) is 12.8 Å². The first-order chi connectivity index (χ1) is 7.06. The maximum atomic E-state index is 10.8. The maximum Gasteiger partial charge on any atom is 0.320 e. The summed E-state index contributed by atoms with van der Waals surface area (Å²) < 4.78 is 0. The van der Waals surface area contributed by atoms with E-state index in [1.165, 1.54) is 4.90 Å². The van der Waals surface area contributed by atoms with Crippen LogP contribution in [0.15, 0.2) is 0 Å². The summed E-state index contributed by atoms with van der Waals surface area (Å²) >= 11 is 0. The smallest absolute Gasteiger partial charge is 0.320 e. The molecule has 1 aliphatic heterocycles. The summed E-state index contributed by atoms with van der Waals surface area (Å²) in [6.07, 6.45) is 0.641. The van der Waals surface area contributed by atoms with Gasteiger partial charge < -0.3 is 10.2 Å². The molecule has 1 aliphatic rings. The number of nitriles is 1. The molecule has 1 heterocycles. The highest BCUT2D eigenvalue weighted by Gasteiger charge is 2.35. The van der Waals surface area contributed by atoms with Crippen LogP contribution in [0.25, 0.3) is 0 Å².